The zero-order valence-electron chi connectivity index (χ0n) is 21.4. The summed E-state index contributed by atoms with van der Waals surface area (Å²) in [6.07, 6.45) is 1.43. The molecule has 190 valence electrons. The second kappa shape index (κ2) is 10.9. The van der Waals surface area contributed by atoms with E-state index in [1.165, 1.54) is 23.0 Å². The van der Waals surface area contributed by atoms with Gasteiger partial charge in [0, 0.05) is 13.1 Å². The van der Waals surface area contributed by atoms with Gasteiger partial charge in [0.15, 0.2) is 17.2 Å². The molecule has 1 aliphatic rings. The van der Waals surface area contributed by atoms with Gasteiger partial charge < -0.3 is 19.2 Å². The lowest BCUT2D eigenvalue weighted by Crippen LogP contribution is -2.27. The van der Waals surface area contributed by atoms with Crippen LogP contribution in [-0.4, -0.2) is 22.6 Å². The van der Waals surface area contributed by atoms with Gasteiger partial charge in [0.25, 0.3) is 5.91 Å². The molecule has 0 bridgehead atoms. The molecule has 3 aromatic carbocycles. The average molecular weight is 498 g/mol. The fourth-order valence-corrected chi connectivity index (χ4v) is 4.45. The number of oxazole rings is 1. The number of hydrogen-bond donors (Lipinski definition) is 1. The molecule has 2 heterocycles. The Morgan fingerprint density at radius 2 is 1.78 bits per heavy atom. The number of ether oxygens (including phenoxy) is 2. The van der Waals surface area contributed by atoms with Gasteiger partial charge >= 0.3 is 0 Å². The third-order valence-electron chi connectivity index (χ3n) is 6.53. The highest BCUT2D eigenvalue weighted by Crippen LogP contribution is 2.33. The van der Waals surface area contributed by atoms with Crippen LogP contribution in [0.4, 0.5) is 0 Å². The van der Waals surface area contributed by atoms with Crippen molar-refractivity contribution >= 4 is 5.91 Å². The first-order valence-electron chi connectivity index (χ1n) is 12.4. The monoisotopic (exact) mass is 497 g/mol. The number of aromatic nitrogens is 1. The molecule has 0 radical (unpaired) electrons. The number of rotatable bonds is 9. The van der Waals surface area contributed by atoms with Crippen molar-refractivity contribution < 1.29 is 18.7 Å². The van der Waals surface area contributed by atoms with E-state index in [0.717, 1.165) is 22.6 Å². The zero-order chi connectivity index (χ0) is 25.8. The summed E-state index contributed by atoms with van der Waals surface area (Å²) in [5, 5.41) is 3.00. The molecular formula is C30H31N3O4. The maximum absolute atomic E-state index is 12.8. The Bertz CT molecular complexity index is 1380. The number of aryl methyl sites for hydroxylation is 2. The minimum atomic E-state index is -0.261. The van der Waals surface area contributed by atoms with E-state index in [4.69, 9.17) is 13.9 Å². The summed E-state index contributed by atoms with van der Waals surface area (Å²) in [5.74, 6) is 1.75. The van der Waals surface area contributed by atoms with Crippen LogP contribution in [0.2, 0.25) is 0 Å². The SMILES string of the molecule is Cc1ccc(C)c(CN(Cc2ccc3c(c2)OCO3)Cc2nc(C(=O)NC(C)c3ccccc3)co2)c1. The Labute approximate surface area is 217 Å². The van der Waals surface area contributed by atoms with E-state index in [2.05, 4.69) is 47.2 Å². The van der Waals surface area contributed by atoms with Crippen molar-refractivity contribution in [2.75, 3.05) is 6.79 Å². The average Bonchev–Trinajstić information content (AvgIpc) is 3.56. The molecule has 0 saturated heterocycles. The predicted octanol–water partition coefficient (Wildman–Crippen LogP) is 5.71. The number of amides is 1. The Morgan fingerprint density at radius 3 is 2.62 bits per heavy atom. The van der Waals surface area contributed by atoms with Gasteiger partial charge in [-0.25, -0.2) is 4.98 Å². The molecule has 7 heteroatoms. The number of fused-ring (bicyclic) bond motifs is 1. The molecular weight excluding hydrogens is 466 g/mol. The summed E-state index contributed by atoms with van der Waals surface area (Å²) < 4.78 is 16.8. The standard InChI is InChI=1S/C30H31N3O4/c1-20-9-10-21(2)25(13-20)16-33(15-23-11-12-27-28(14-23)37-19-36-27)17-29-32-26(18-35-29)30(34)31-22(3)24-7-5-4-6-8-24/h4-14,18,22H,15-17,19H2,1-3H3,(H,31,34). The van der Waals surface area contributed by atoms with Gasteiger partial charge in [0.1, 0.15) is 6.26 Å². The van der Waals surface area contributed by atoms with Crippen LogP contribution in [-0.2, 0) is 19.6 Å². The van der Waals surface area contributed by atoms with Crippen molar-refractivity contribution in [2.45, 2.75) is 46.4 Å². The van der Waals surface area contributed by atoms with Crippen LogP contribution in [0.3, 0.4) is 0 Å². The smallest absolute Gasteiger partial charge is 0.273 e. The van der Waals surface area contributed by atoms with E-state index in [1.54, 1.807) is 0 Å². The molecule has 0 saturated carbocycles. The van der Waals surface area contributed by atoms with E-state index in [9.17, 15) is 4.79 Å². The van der Waals surface area contributed by atoms with Gasteiger partial charge in [-0.15, -0.1) is 0 Å². The van der Waals surface area contributed by atoms with Crippen LogP contribution >= 0.6 is 0 Å². The molecule has 4 aromatic rings. The fourth-order valence-electron chi connectivity index (χ4n) is 4.45. The Morgan fingerprint density at radius 1 is 0.973 bits per heavy atom. The topological polar surface area (TPSA) is 76.8 Å². The Balaban J connectivity index is 1.32. The quantitative estimate of drug-likeness (QED) is 0.319. The minimum Gasteiger partial charge on any atom is -0.454 e. The second-order valence-corrected chi connectivity index (χ2v) is 9.50. The molecule has 7 nitrogen and oxygen atoms in total. The van der Waals surface area contributed by atoms with Gasteiger partial charge in [0.2, 0.25) is 12.7 Å². The van der Waals surface area contributed by atoms with Crippen molar-refractivity contribution in [3.63, 3.8) is 0 Å². The summed E-state index contributed by atoms with van der Waals surface area (Å²) in [4.78, 5) is 19.6. The lowest BCUT2D eigenvalue weighted by atomic mass is 10.0. The van der Waals surface area contributed by atoms with Crippen LogP contribution in [0.25, 0.3) is 0 Å². The normalized spacial score (nSPS) is 13.1. The van der Waals surface area contributed by atoms with E-state index in [1.807, 2.05) is 55.5 Å². The lowest BCUT2D eigenvalue weighted by Gasteiger charge is -2.22. The molecule has 1 amide bonds. The number of nitrogens with zero attached hydrogens (tertiary/aromatic N) is 2. The maximum Gasteiger partial charge on any atom is 0.273 e. The van der Waals surface area contributed by atoms with Crippen LogP contribution in [0, 0.1) is 13.8 Å². The summed E-state index contributed by atoms with van der Waals surface area (Å²) in [6, 6.07) is 22.2. The van der Waals surface area contributed by atoms with Crippen LogP contribution in [0.15, 0.2) is 77.4 Å². The maximum atomic E-state index is 12.8. The number of hydrogen-bond acceptors (Lipinski definition) is 6. The predicted molar refractivity (Wildman–Crippen MR) is 140 cm³/mol. The summed E-state index contributed by atoms with van der Waals surface area (Å²) >= 11 is 0. The summed E-state index contributed by atoms with van der Waals surface area (Å²) in [5.41, 5.74) is 6.07. The highest BCUT2D eigenvalue weighted by molar-refractivity contribution is 5.92. The highest BCUT2D eigenvalue weighted by atomic mass is 16.7. The largest absolute Gasteiger partial charge is 0.454 e. The van der Waals surface area contributed by atoms with Crippen LogP contribution < -0.4 is 14.8 Å². The van der Waals surface area contributed by atoms with E-state index in [0.29, 0.717) is 25.5 Å². The summed E-state index contributed by atoms with van der Waals surface area (Å²) in [6.45, 7) is 8.22. The Kier molecular flexibility index (Phi) is 7.23. The van der Waals surface area contributed by atoms with Gasteiger partial charge in [-0.1, -0.05) is 60.2 Å². The van der Waals surface area contributed by atoms with Crippen LogP contribution in [0.5, 0.6) is 11.5 Å². The van der Waals surface area contributed by atoms with E-state index >= 15 is 0 Å². The first kappa shape index (κ1) is 24.6. The molecule has 0 spiro atoms. The van der Waals surface area contributed by atoms with Gasteiger partial charge in [-0.2, -0.15) is 0 Å². The summed E-state index contributed by atoms with van der Waals surface area (Å²) in [7, 11) is 0. The lowest BCUT2D eigenvalue weighted by molar-refractivity contribution is 0.0934. The third kappa shape index (κ3) is 6.01. The fraction of sp³-hybridized carbons (Fsp3) is 0.267. The first-order valence-corrected chi connectivity index (χ1v) is 12.4. The molecule has 1 unspecified atom stereocenters. The molecule has 5 rings (SSSR count). The van der Waals surface area contributed by atoms with Crippen molar-refractivity contribution in [1.82, 2.24) is 15.2 Å². The molecule has 0 aliphatic carbocycles. The van der Waals surface area contributed by atoms with E-state index < -0.39 is 0 Å². The van der Waals surface area contributed by atoms with E-state index in [-0.39, 0.29) is 24.4 Å². The Hall–Kier alpha value is -4.10. The minimum absolute atomic E-state index is 0.138. The second-order valence-electron chi connectivity index (χ2n) is 9.50. The zero-order valence-corrected chi connectivity index (χ0v) is 21.4. The number of benzene rings is 3. The number of carbonyl (C=O) groups is 1. The molecule has 37 heavy (non-hydrogen) atoms. The van der Waals surface area contributed by atoms with Crippen molar-refractivity contribution in [3.05, 3.63) is 112 Å². The van der Waals surface area contributed by atoms with Crippen LogP contribution in [0.1, 0.15) is 57.2 Å². The van der Waals surface area contributed by atoms with Crippen molar-refractivity contribution in [1.29, 1.82) is 0 Å². The molecule has 1 aromatic heterocycles. The van der Waals surface area contributed by atoms with Gasteiger partial charge in [-0.3, -0.25) is 9.69 Å². The highest BCUT2D eigenvalue weighted by Gasteiger charge is 2.19. The molecule has 1 N–H and O–H groups in total. The van der Waals surface area contributed by atoms with Gasteiger partial charge in [0.05, 0.1) is 12.6 Å². The third-order valence-corrected chi connectivity index (χ3v) is 6.53. The number of nitrogens with one attached hydrogen (secondary N) is 1. The van der Waals surface area contributed by atoms with Gasteiger partial charge in [-0.05, 0) is 55.2 Å². The number of carbonyl (C=O) groups excluding carboxylic acids is 1. The molecule has 1 aliphatic heterocycles. The molecule has 1 atom stereocenters. The molecule has 0 fully saturated rings. The van der Waals surface area contributed by atoms with Crippen molar-refractivity contribution in [3.8, 4) is 11.5 Å². The van der Waals surface area contributed by atoms with Crippen molar-refractivity contribution in [2.24, 2.45) is 0 Å². The first-order chi connectivity index (χ1) is 17.9.